The highest BCUT2D eigenvalue weighted by Gasteiger charge is 2.23. The van der Waals surface area contributed by atoms with Crippen molar-refractivity contribution < 1.29 is 19.1 Å². The number of rotatable bonds is 5. The monoisotopic (exact) mass is 423 g/mol. The summed E-state index contributed by atoms with van der Waals surface area (Å²) in [5.74, 6) is 1.48. The lowest BCUT2D eigenvalue weighted by molar-refractivity contribution is 0.0942. The highest BCUT2D eigenvalue weighted by molar-refractivity contribution is 6.06. The molecule has 7 nitrogen and oxygen atoms in total. The second kappa shape index (κ2) is 8.88. The van der Waals surface area contributed by atoms with E-state index in [-0.39, 0.29) is 24.6 Å². The fraction of sp³-hybridized carbons (Fsp3) is 0.417. The maximum absolute atomic E-state index is 12.9. The van der Waals surface area contributed by atoms with Gasteiger partial charge in [0.2, 0.25) is 6.79 Å². The predicted octanol–water partition coefficient (Wildman–Crippen LogP) is 4.04. The van der Waals surface area contributed by atoms with Gasteiger partial charge in [-0.15, -0.1) is 0 Å². The summed E-state index contributed by atoms with van der Waals surface area (Å²) < 4.78 is 10.7. The van der Waals surface area contributed by atoms with E-state index in [9.17, 15) is 9.59 Å². The van der Waals surface area contributed by atoms with Crippen LogP contribution in [0.15, 0.2) is 36.4 Å². The second-order valence-corrected chi connectivity index (χ2v) is 8.55. The lowest BCUT2D eigenvalue weighted by Crippen LogP contribution is -2.36. The van der Waals surface area contributed by atoms with Crippen LogP contribution in [0.3, 0.4) is 0 Å². The number of anilines is 2. The molecule has 0 radical (unpaired) electrons. The Bertz CT molecular complexity index is 981. The van der Waals surface area contributed by atoms with Crippen molar-refractivity contribution in [2.75, 3.05) is 30.1 Å². The van der Waals surface area contributed by atoms with Crippen LogP contribution in [0.4, 0.5) is 11.4 Å². The van der Waals surface area contributed by atoms with E-state index in [1.807, 2.05) is 26.0 Å². The van der Waals surface area contributed by atoms with E-state index in [1.54, 1.807) is 24.3 Å². The minimum absolute atomic E-state index is 0.0219. The third-order valence-electron chi connectivity index (χ3n) is 5.68. The molecule has 0 unspecified atom stereocenters. The average molecular weight is 424 g/mol. The van der Waals surface area contributed by atoms with Crippen LogP contribution in [0, 0.1) is 5.92 Å². The highest BCUT2D eigenvalue weighted by atomic mass is 16.7. The topological polar surface area (TPSA) is 79.9 Å². The SMILES string of the molecule is CC1CCN(c2ccc(NC(=O)c3ccc4c(c3)OCO4)cc2C(=O)NC(C)C)CC1. The Hall–Kier alpha value is -3.22. The van der Waals surface area contributed by atoms with Crippen molar-refractivity contribution in [2.45, 2.75) is 39.7 Å². The Morgan fingerprint density at radius 1 is 1.00 bits per heavy atom. The van der Waals surface area contributed by atoms with E-state index in [0.29, 0.717) is 34.2 Å². The van der Waals surface area contributed by atoms with Gasteiger partial charge in [0.25, 0.3) is 11.8 Å². The number of nitrogens with zero attached hydrogens (tertiary/aromatic N) is 1. The van der Waals surface area contributed by atoms with Crippen LogP contribution in [0.25, 0.3) is 0 Å². The van der Waals surface area contributed by atoms with Crippen molar-refractivity contribution in [3.63, 3.8) is 0 Å². The first-order valence-corrected chi connectivity index (χ1v) is 10.8. The van der Waals surface area contributed by atoms with Crippen molar-refractivity contribution in [1.82, 2.24) is 5.32 Å². The van der Waals surface area contributed by atoms with Gasteiger partial charge in [0.05, 0.1) is 5.56 Å². The zero-order valence-corrected chi connectivity index (χ0v) is 18.2. The summed E-state index contributed by atoms with van der Waals surface area (Å²) in [5.41, 5.74) is 2.52. The summed E-state index contributed by atoms with van der Waals surface area (Å²) in [6.45, 7) is 8.14. The molecule has 1 fully saturated rings. The molecule has 2 heterocycles. The first-order chi connectivity index (χ1) is 14.9. The predicted molar refractivity (Wildman–Crippen MR) is 120 cm³/mol. The molecule has 0 aliphatic carbocycles. The standard InChI is InChI=1S/C24H29N3O4/c1-15(2)25-24(29)19-13-18(5-6-20(19)27-10-8-16(3)9-11-27)26-23(28)17-4-7-21-22(12-17)31-14-30-21/h4-7,12-13,15-16H,8-11,14H2,1-3H3,(H,25,29)(H,26,28). The zero-order chi connectivity index (χ0) is 22.0. The van der Waals surface area contributed by atoms with Crippen LogP contribution >= 0.6 is 0 Å². The molecule has 4 rings (SSSR count). The van der Waals surface area contributed by atoms with Crippen molar-refractivity contribution >= 4 is 23.2 Å². The molecule has 2 aromatic rings. The zero-order valence-electron chi connectivity index (χ0n) is 18.2. The molecule has 7 heteroatoms. The van der Waals surface area contributed by atoms with Crippen molar-refractivity contribution in [3.05, 3.63) is 47.5 Å². The molecule has 2 N–H and O–H groups in total. The van der Waals surface area contributed by atoms with Crippen LogP contribution < -0.4 is 25.0 Å². The number of amides is 2. The number of hydrogen-bond acceptors (Lipinski definition) is 5. The van der Waals surface area contributed by atoms with Crippen LogP contribution in [0.1, 0.15) is 54.3 Å². The van der Waals surface area contributed by atoms with Gasteiger partial charge in [0.1, 0.15) is 0 Å². The van der Waals surface area contributed by atoms with E-state index in [2.05, 4.69) is 22.5 Å². The van der Waals surface area contributed by atoms with Crippen LogP contribution in [-0.2, 0) is 0 Å². The van der Waals surface area contributed by atoms with Gasteiger partial charge < -0.3 is 25.0 Å². The summed E-state index contributed by atoms with van der Waals surface area (Å²) in [6.07, 6.45) is 2.21. The molecule has 164 valence electrons. The third kappa shape index (κ3) is 4.76. The van der Waals surface area contributed by atoms with Crippen LogP contribution in [0.2, 0.25) is 0 Å². The van der Waals surface area contributed by atoms with E-state index < -0.39 is 0 Å². The molecular formula is C24H29N3O4. The van der Waals surface area contributed by atoms with Gasteiger partial charge in [-0.2, -0.15) is 0 Å². The number of piperidine rings is 1. The number of hydrogen-bond donors (Lipinski definition) is 2. The summed E-state index contributed by atoms with van der Waals surface area (Å²) in [7, 11) is 0. The molecule has 2 aromatic carbocycles. The maximum atomic E-state index is 12.9. The molecule has 31 heavy (non-hydrogen) atoms. The fourth-order valence-corrected chi connectivity index (χ4v) is 3.90. The first kappa shape index (κ1) is 21.0. The number of ether oxygens (including phenoxy) is 2. The first-order valence-electron chi connectivity index (χ1n) is 10.8. The van der Waals surface area contributed by atoms with Gasteiger partial charge in [0, 0.05) is 36.1 Å². The minimum Gasteiger partial charge on any atom is -0.454 e. The van der Waals surface area contributed by atoms with Gasteiger partial charge >= 0.3 is 0 Å². The summed E-state index contributed by atoms with van der Waals surface area (Å²) in [5, 5.41) is 5.88. The number of fused-ring (bicyclic) bond motifs is 1. The normalized spacial score (nSPS) is 15.8. The lowest BCUT2D eigenvalue weighted by Gasteiger charge is -2.33. The summed E-state index contributed by atoms with van der Waals surface area (Å²) in [6, 6.07) is 10.6. The van der Waals surface area contributed by atoms with Crippen LogP contribution in [-0.4, -0.2) is 37.7 Å². The molecule has 0 atom stereocenters. The molecule has 0 spiro atoms. The second-order valence-electron chi connectivity index (χ2n) is 8.55. The molecule has 2 aliphatic rings. The lowest BCUT2D eigenvalue weighted by atomic mass is 9.97. The number of nitrogens with one attached hydrogen (secondary N) is 2. The van der Waals surface area contributed by atoms with E-state index in [4.69, 9.17) is 9.47 Å². The molecule has 1 saturated heterocycles. The Morgan fingerprint density at radius 3 is 2.48 bits per heavy atom. The minimum atomic E-state index is -0.270. The van der Waals surface area contributed by atoms with E-state index >= 15 is 0 Å². The Labute approximate surface area is 182 Å². The average Bonchev–Trinajstić information content (AvgIpc) is 3.22. The van der Waals surface area contributed by atoms with Gasteiger partial charge in [0.15, 0.2) is 11.5 Å². The van der Waals surface area contributed by atoms with Crippen molar-refractivity contribution in [2.24, 2.45) is 5.92 Å². The Balaban J connectivity index is 1.57. The van der Waals surface area contributed by atoms with Gasteiger partial charge in [-0.1, -0.05) is 6.92 Å². The fourth-order valence-electron chi connectivity index (χ4n) is 3.90. The number of carbonyl (C=O) groups is 2. The summed E-state index contributed by atoms with van der Waals surface area (Å²) >= 11 is 0. The number of benzene rings is 2. The Kier molecular flexibility index (Phi) is 6.02. The smallest absolute Gasteiger partial charge is 0.255 e. The van der Waals surface area contributed by atoms with Crippen molar-refractivity contribution in [3.8, 4) is 11.5 Å². The molecule has 0 saturated carbocycles. The molecule has 2 amide bonds. The molecular weight excluding hydrogens is 394 g/mol. The van der Waals surface area contributed by atoms with Crippen molar-refractivity contribution in [1.29, 1.82) is 0 Å². The maximum Gasteiger partial charge on any atom is 0.255 e. The van der Waals surface area contributed by atoms with Gasteiger partial charge in [-0.3, -0.25) is 9.59 Å². The molecule has 0 bridgehead atoms. The Morgan fingerprint density at radius 2 is 1.74 bits per heavy atom. The van der Waals surface area contributed by atoms with E-state index in [1.165, 1.54) is 0 Å². The van der Waals surface area contributed by atoms with Gasteiger partial charge in [-0.25, -0.2) is 0 Å². The quantitative estimate of drug-likeness (QED) is 0.759. The number of carbonyl (C=O) groups excluding carboxylic acids is 2. The molecule has 0 aromatic heterocycles. The van der Waals surface area contributed by atoms with E-state index in [0.717, 1.165) is 31.6 Å². The third-order valence-corrected chi connectivity index (χ3v) is 5.68. The summed E-state index contributed by atoms with van der Waals surface area (Å²) in [4.78, 5) is 28.0. The molecule has 2 aliphatic heterocycles. The van der Waals surface area contributed by atoms with Gasteiger partial charge in [-0.05, 0) is 69.0 Å². The highest BCUT2D eigenvalue weighted by Crippen LogP contribution is 2.33. The largest absolute Gasteiger partial charge is 0.454 e. The van der Waals surface area contributed by atoms with Crippen LogP contribution in [0.5, 0.6) is 11.5 Å².